The number of anilines is 2. The van der Waals surface area contributed by atoms with E-state index in [1.807, 2.05) is 32.9 Å². The maximum atomic E-state index is 12.1. The highest BCUT2D eigenvalue weighted by molar-refractivity contribution is 5.96. The van der Waals surface area contributed by atoms with Gasteiger partial charge in [0.05, 0.1) is 5.92 Å². The molecule has 2 unspecified atom stereocenters. The topological polar surface area (TPSA) is 84.2 Å². The molecule has 0 saturated carbocycles. The first-order chi connectivity index (χ1) is 9.72. The Labute approximate surface area is 126 Å². The van der Waals surface area contributed by atoms with Crippen molar-refractivity contribution in [2.45, 2.75) is 40.7 Å². The largest absolute Gasteiger partial charge is 0.327 e. The molecule has 0 fully saturated rings. The SMILES string of the molecule is Cc1ccc(NC(=O)C(C)C)cc1NC(=O)C(C)C(C)N. The maximum absolute atomic E-state index is 12.1. The predicted octanol–water partition coefficient (Wildman–Crippen LogP) is 2.51. The van der Waals surface area contributed by atoms with Crippen LogP contribution in [0.2, 0.25) is 0 Å². The monoisotopic (exact) mass is 291 g/mol. The van der Waals surface area contributed by atoms with Gasteiger partial charge in [-0.1, -0.05) is 26.8 Å². The van der Waals surface area contributed by atoms with Crippen molar-refractivity contribution < 1.29 is 9.59 Å². The smallest absolute Gasteiger partial charge is 0.228 e. The van der Waals surface area contributed by atoms with Gasteiger partial charge in [-0.25, -0.2) is 0 Å². The molecule has 0 saturated heterocycles. The number of amides is 2. The van der Waals surface area contributed by atoms with E-state index < -0.39 is 0 Å². The van der Waals surface area contributed by atoms with Crippen LogP contribution in [0.15, 0.2) is 18.2 Å². The number of rotatable bonds is 5. The Morgan fingerprint density at radius 1 is 1.05 bits per heavy atom. The number of nitrogens with one attached hydrogen (secondary N) is 2. The van der Waals surface area contributed by atoms with Gasteiger partial charge in [-0.2, -0.15) is 0 Å². The van der Waals surface area contributed by atoms with Crippen molar-refractivity contribution in [3.63, 3.8) is 0 Å². The van der Waals surface area contributed by atoms with E-state index >= 15 is 0 Å². The third-order valence-corrected chi connectivity index (χ3v) is 3.49. The lowest BCUT2D eigenvalue weighted by Gasteiger charge is -2.17. The summed E-state index contributed by atoms with van der Waals surface area (Å²) in [6.07, 6.45) is 0. The zero-order chi connectivity index (χ0) is 16.2. The molecule has 2 amide bonds. The van der Waals surface area contributed by atoms with Crippen molar-refractivity contribution in [1.29, 1.82) is 0 Å². The van der Waals surface area contributed by atoms with Gasteiger partial charge in [-0.3, -0.25) is 9.59 Å². The summed E-state index contributed by atoms with van der Waals surface area (Å²) in [5.41, 5.74) is 8.03. The molecule has 0 aliphatic heterocycles. The van der Waals surface area contributed by atoms with Crippen LogP contribution >= 0.6 is 0 Å². The van der Waals surface area contributed by atoms with Gasteiger partial charge < -0.3 is 16.4 Å². The standard InChI is InChI=1S/C16H25N3O2/c1-9(2)15(20)18-13-7-6-10(3)14(8-13)19-16(21)11(4)12(5)17/h6-9,11-12H,17H2,1-5H3,(H,18,20)(H,19,21). The average molecular weight is 291 g/mol. The molecule has 5 heteroatoms. The Balaban J connectivity index is 2.88. The van der Waals surface area contributed by atoms with Gasteiger partial charge in [0.25, 0.3) is 0 Å². The Morgan fingerprint density at radius 3 is 2.19 bits per heavy atom. The van der Waals surface area contributed by atoms with Gasteiger partial charge in [0.15, 0.2) is 0 Å². The summed E-state index contributed by atoms with van der Waals surface area (Å²) in [6.45, 7) is 9.16. The van der Waals surface area contributed by atoms with Crippen LogP contribution in [-0.2, 0) is 9.59 Å². The summed E-state index contributed by atoms with van der Waals surface area (Å²) in [5.74, 6) is -0.554. The van der Waals surface area contributed by atoms with Gasteiger partial charge in [-0.15, -0.1) is 0 Å². The van der Waals surface area contributed by atoms with Gasteiger partial charge in [0.1, 0.15) is 0 Å². The molecule has 0 aliphatic carbocycles. The van der Waals surface area contributed by atoms with Crippen LogP contribution in [0, 0.1) is 18.8 Å². The number of carbonyl (C=O) groups excluding carboxylic acids is 2. The Kier molecular flexibility index (Phi) is 5.90. The highest BCUT2D eigenvalue weighted by atomic mass is 16.2. The van der Waals surface area contributed by atoms with Gasteiger partial charge in [0.2, 0.25) is 11.8 Å². The van der Waals surface area contributed by atoms with Crippen LogP contribution in [0.4, 0.5) is 11.4 Å². The second kappa shape index (κ2) is 7.22. The second-order valence-electron chi connectivity index (χ2n) is 5.81. The van der Waals surface area contributed by atoms with E-state index in [2.05, 4.69) is 10.6 Å². The summed E-state index contributed by atoms with van der Waals surface area (Å²) in [5, 5.41) is 5.68. The molecular formula is C16H25N3O2. The minimum atomic E-state index is -0.279. The third kappa shape index (κ3) is 4.86. The molecule has 0 heterocycles. The lowest BCUT2D eigenvalue weighted by atomic mass is 10.0. The van der Waals surface area contributed by atoms with Crippen molar-refractivity contribution in [3.8, 4) is 0 Å². The number of carbonyl (C=O) groups is 2. The fourth-order valence-electron chi connectivity index (χ4n) is 1.61. The summed E-state index contributed by atoms with van der Waals surface area (Å²) in [6, 6.07) is 5.23. The summed E-state index contributed by atoms with van der Waals surface area (Å²) >= 11 is 0. The summed E-state index contributed by atoms with van der Waals surface area (Å²) in [4.78, 5) is 23.8. The molecule has 2 atom stereocenters. The molecule has 21 heavy (non-hydrogen) atoms. The number of aryl methyl sites for hydroxylation is 1. The van der Waals surface area contributed by atoms with Crippen molar-refractivity contribution in [3.05, 3.63) is 23.8 Å². The lowest BCUT2D eigenvalue weighted by Crippen LogP contribution is -2.34. The summed E-state index contributed by atoms with van der Waals surface area (Å²) < 4.78 is 0. The normalized spacial score (nSPS) is 13.7. The number of hydrogen-bond donors (Lipinski definition) is 3. The second-order valence-corrected chi connectivity index (χ2v) is 5.81. The number of benzene rings is 1. The van der Waals surface area contributed by atoms with Crippen molar-refractivity contribution in [2.24, 2.45) is 17.6 Å². The molecule has 0 aliphatic rings. The van der Waals surface area contributed by atoms with E-state index in [4.69, 9.17) is 5.73 Å². The maximum Gasteiger partial charge on any atom is 0.228 e. The first-order valence-corrected chi connectivity index (χ1v) is 7.20. The molecule has 0 aromatic heterocycles. The van der Waals surface area contributed by atoms with Crippen LogP contribution in [0.25, 0.3) is 0 Å². The van der Waals surface area contributed by atoms with Crippen LogP contribution in [0.5, 0.6) is 0 Å². The van der Waals surface area contributed by atoms with Crippen LogP contribution < -0.4 is 16.4 Å². The molecule has 116 valence electrons. The van der Waals surface area contributed by atoms with Crippen LogP contribution in [0.1, 0.15) is 33.3 Å². The number of hydrogen-bond acceptors (Lipinski definition) is 3. The molecule has 1 aromatic carbocycles. The minimum Gasteiger partial charge on any atom is -0.327 e. The van der Waals surface area contributed by atoms with Crippen LogP contribution in [-0.4, -0.2) is 17.9 Å². The Hall–Kier alpha value is -1.88. The zero-order valence-electron chi connectivity index (χ0n) is 13.4. The van der Waals surface area contributed by atoms with Crippen molar-refractivity contribution in [2.75, 3.05) is 10.6 Å². The van der Waals surface area contributed by atoms with Gasteiger partial charge >= 0.3 is 0 Å². The van der Waals surface area contributed by atoms with Crippen molar-refractivity contribution in [1.82, 2.24) is 0 Å². The first kappa shape index (κ1) is 17.2. The first-order valence-electron chi connectivity index (χ1n) is 7.20. The van der Waals surface area contributed by atoms with E-state index in [-0.39, 0.29) is 29.7 Å². The molecular weight excluding hydrogens is 266 g/mol. The third-order valence-electron chi connectivity index (χ3n) is 3.49. The molecule has 1 rings (SSSR count). The highest BCUT2D eigenvalue weighted by Gasteiger charge is 2.18. The fourth-order valence-corrected chi connectivity index (χ4v) is 1.61. The molecule has 5 nitrogen and oxygen atoms in total. The highest BCUT2D eigenvalue weighted by Crippen LogP contribution is 2.21. The molecule has 1 aromatic rings. The van der Waals surface area contributed by atoms with E-state index in [9.17, 15) is 9.59 Å². The average Bonchev–Trinajstić information content (AvgIpc) is 2.41. The predicted molar refractivity (Wildman–Crippen MR) is 86.1 cm³/mol. The van der Waals surface area contributed by atoms with E-state index in [0.717, 1.165) is 5.56 Å². The lowest BCUT2D eigenvalue weighted by molar-refractivity contribution is -0.120. The molecule has 4 N–H and O–H groups in total. The Bertz CT molecular complexity index is 524. The number of nitrogens with two attached hydrogens (primary N) is 1. The van der Waals surface area contributed by atoms with Crippen molar-refractivity contribution >= 4 is 23.2 Å². The van der Waals surface area contributed by atoms with E-state index in [0.29, 0.717) is 11.4 Å². The minimum absolute atomic E-state index is 0.0555. The van der Waals surface area contributed by atoms with Crippen LogP contribution in [0.3, 0.4) is 0 Å². The van der Waals surface area contributed by atoms with Gasteiger partial charge in [-0.05, 0) is 31.5 Å². The Morgan fingerprint density at radius 2 is 1.67 bits per heavy atom. The quantitative estimate of drug-likeness (QED) is 0.779. The van der Waals surface area contributed by atoms with E-state index in [1.54, 1.807) is 19.9 Å². The molecule has 0 bridgehead atoms. The summed E-state index contributed by atoms with van der Waals surface area (Å²) in [7, 11) is 0. The zero-order valence-corrected chi connectivity index (χ0v) is 13.4. The molecule has 0 radical (unpaired) electrons. The van der Waals surface area contributed by atoms with Gasteiger partial charge in [0, 0.05) is 23.3 Å². The molecule has 0 spiro atoms. The fraction of sp³-hybridized carbons (Fsp3) is 0.500. The van der Waals surface area contributed by atoms with E-state index in [1.165, 1.54) is 0 Å².